The van der Waals surface area contributed by atoms with Gasteiger partial charge < -0.3 is 19.7 Å². The Labute approximate surface area is 343 Å². The number of pyridine rings is 1. The third-order valence-corrected chi connectivity index (χ3v) is 11.1. The molecule has 2 fully saturated rings. The van der Waals surface area contributed by atoms with Crippen molar-refractivity contribution in [2.24, 2.45) is 0 Å². The van der Waals surface area contributed by atoms with Crippen LogP contribution < -0.4 is 20.1 Å². The van der Waals surface area contributed by atoms with Crippen LogP contribution in [0.3, 0.4) is 0 Å². The fraction of sp³-hybridized carbons (Fsp3) is 0.370. The number of fused-ring (bicyclic) bond motifs is 1. The monoisotopic (exact) mass is 799 g/mol. The topological polar surface area (TPSA) is 164 Å². The number of likely N-dealkylation sites (N-methyl/N-ethyl adjacent to an activating group) is 1. The highest BCUT2D eigenvalue weighted by Crippen LogP contribution is 2.41. The lowest BCUT2D eigenvalue weighted by Crippen LogP contribution is -2.54. The number of methoxy groups -OCH3 is 1. The van der Waals surface area contributed by atoms with E-state index in [1.165, 1.54) is 30.5 Å². The summed E-state index contributed by atoms with van der Waals surface area (Å²) in [5, 5.41) is 5.16. The second-order valence-corrected chi connectivity index (χ2v) is 15.4. The Bertz CT molecular complexity index is 2250. The number of aromatic nitrogens is 1. The van der Waals surface area contributed by atoms with Gasteiger partial charge in [-0.05, 0) is 84.5 Å². The maximum absolute atomic E-state index is 13.2. The SMILES string of the molecule is COc1cnc(C(=O)NCc2cccc(CC(=O)N(C)CCCCCCCOc3ccc4c(c3)C(=O)N(C3CCC(=O)NC3=O)C4=O)c2)cc1-c1ccc(C2CC2)cc1. The smallest absolute Gasteiger partial charge is 0.270 e. The molecule has 1 saturated heterocycles. The fourth-order valence-corrected chi connectivity index (χ4v) is 7.57. The summed E-state index contributed by atoms with van der Waals surface area (Å²) in [5.74, 6) is -0.715. The Morgan fingerprint density at radius 1 is 0.847 bits per heavy atom. The number of imide groups is 2. The number of piperidine rings is 1. The van der Waals surface area contributed by atoms with Crippen molar-refractivity contribution in [2.75, 3.05) is 27.3 Å². The van der Waals surface area contributed by atoms with Gasteiger partial charge in [0.15, 0.2) is 0 Å². The van der Waals surface area contributed by atoms with Gasteiger partial charge in [-0.15, -0.1) is 0 Å². The highest BCUT2D eigenvalue weighted by atomic mass is 16.5. The van der Waals surface area contributed by atoms with Gasteiger partial charge in [-0.2, -0.15) is 0 Å². The Balaban J connectivity index is 0.793. The Kier molecular flexibility index (Phi) is 12.8. The molecule has 3 aliphatic rings. The van der Waals surface area contributed by atoms with E-state index in [0.29, 0.717) is 42.8 Å². The van der Waals surface area contributed by atoms with Crippen molar-refractivity contribution in [3.05, 3.63) is 113 Å². The van der Waals surface area contributed by atoms with E-state index in [0.717, 1.165) is 59.3 Å². The van der Waals surface area contributed by atoms with Crippen molar-refractivity contribution in [1.29, 1.82) is 0 Å². The van der Waals surface area contributed by atoms with Crippen LogP contribution in [0.1, 0.15) is 112 Å². The van der Waals surface area contributed by atoms with E-state index < -0.39 is 29.7 Å². The molecule has 6 amide bonds. The van der Waals surface area contributed by atoms with E-state index in [9.17, 15) is 28.8 Å². The van der Waals surface area contributed by atoms with Crippen molar-refractivity contribution in [3.63, 3.8) is 0 Å². The maximum atomic E-state index is 13.2. The highest BCUT2D eigenvalue weighted by molar-refractivity contribution is 6.23. The first-order valence-electron chi connectivity index (χ1n) is 20.3. The molecule has 7 rings (SSSR count). The van der Waals surface area contributed by atoms with Crippen molar-refractivity contribution in [2.45, 2.75) is 82.7 Å². The quantitative estimate of drug-likeness (QED) is 0.0908. The van der Waals surface area contributed by atoms with Gasteiger partial charge in [-0.25, -0.2) is 4.98 Å². The Morgan fingerprint density at radius 2 is 1.59 bits per heavy atom. The summed E-state index contributed by atoms with van der Waals surface area (Å²) < 4.78 is 11.4. The number of hydrogen-bond donors (Lipinski definition) is 2. The number of ether oxygens (including phenoxy) is 2. The summed E-state index contributed by atoms with van der Waals surface area (Å²) in [4.78, 5) is 83.1. The molecule has 4 aromatic rings. The van der Waals surface area contributed by atoms with Crippen LogP contribution in [0.25, 0.3) is 11.1 Å². The first kappa shape index (κ1) is 40.8. The highest BCUT2D eigenvalue weighted by Gasteiger charge is 2.44. The number of rotatable bonds is 18. The minimum Gasteiger partial charge on any atom is -0.494 e. The van der Waals surface area contributed by atoms with Gasteiger partial charge >= 0.3 is 0 Å². The summed E-state index contributed by atoms with van der Waals surface area (Å²) in [6.45, 7) is 1.37. The largest absolute Gasteiger partial charge is 0.494 e. The molecule has 306 valence electrons. The lowest BCUT2D eigenvalue weighted by molar-refractivity contribution is -0.136. The van der Waals surface area contributed by atoms with E-state index in [1.807, 2.05) is 31.3 Å². The molecule has 1 aliphatic carbocycles. The molecule has 13 heteroatoms. The molecule has 13 nitrogen and oxygen atoms in total. The lowest BCUT2D eigenvalue weighted by atomic mass is 10.0. The van der Waals surface area contributed by atoms with Crippen LogP contribution in [0.2, 0.25) is 0 Å². The average molecular weight is 800 g/mol. The standard InChI is InChI=1S/C46H49N5O8/c1-50(21-6-4-3-5-7-22-59-34-17-18-35-37(25-34)46(57)51(45(35)56)39-19-20-41(52)49-44(39)55)42(53)24-29-9-8-10-30(23-29)27-48-43(54)38-26-36(40(58-2)28-47-38)33-15-13-32(14-16-33)31-11-12-31/h8-10,13-18,23,25-26,28,31,39H,3-7,11-12,19-22,24,27H2,1-2H3,(H,48,54)(H,49,52,55). The first-order valence-corrected chi connectivity index (χ1v) is 20.3. The number of nitrogens with one attached hydrogen (secondary N) is 2. The van der Waals surface area contributed by atoms with E-state index in [1.54, 1.807) is 30.3 Å². The molecule has 1 aromatic heterocycles. The second kappa shape index (κ2) is 18.5. The van der Waals surface area contributed by atoms with Crippen LogP contribution in [-0.4, -0.2) is 83.6 Å². The van der Waals surface area contributed by atoms with E-state index in [4.69, 9.17) is 9.47 Å². The zero-order chi connectivity index (χ0) is 41.5. The van der Waals surface area contributed by atoms with E-state index in [2.05, 4.69) is 39.9 Å². The zero-order valence-electron chi connectivity index (χ0n) is 33.5. The molecule has 1 unspecified atom stereocenters. The second-order valence-electron chi connectivity index (χ2n) is 15.4. The van der Waals surface area contributed by atoms with Crippen LogP contribution in [0.4, 0.5) is 0 Å². The fourth-order valence-electron chi connectivity index (χ4n) is 7.57. The molecular weight excluding hydrogens is 751 g/mol. The van der Waals surface area contributed by atoms with E-state index in [-0.39, 0.29) is 42.2 Å². The molecule has 3 aromatic carbocycles. The summed E-state index contributed by atoms with van der Waals surface area (Å²) >= 11 is 0. The zero-order valence-corrected chi connectivity index (χ0v) is 33.5. The van der Waals surface area contributed by atoms with Gasteiger partial charge in [0.25, 0.3) is 17.7 Å². The molecule has 1 atom stereocenters. The molecule has 1 saturated carbocycles. The molecule has 2 N–H and O–H groups in total. The number of carbonyl (C=O) groups excluding carboxylic acids is 6. The minimum atomic E-state index is -1.01. The number of unbranched alkanes of at least 4 members (excludes halogenated alkanes) is 4. The summed E-state index contributed by atoms with van der Waals surface area (Å²) in [7, 11) is 3.41. The molecule has 3 heterocycles. The Hall–Kier alpha value is -6.37. The number of amides is 6. The molecule has 0 radical (unpaired) electrons. The predicted molar refractivity (Wildman–Crippen MR) is 219 cm³/mol. The van der Waals surface area contributed by atoms with Crippen LogP contribution in [0, 0.1) is 0 Å². The normalized spacial score (nSPS) is 16.1. The third kappa shape index (κ3) is 9.85. The summed E-state index contributed by atoms with van der Waals surface area (Å²) in [6, 6.07) is 21.6. The van der Waals surface area contributed by atoms with Crippen LogP contribution >= 0.6 is 0 Å². The van der Waals surface area contributed by atoms with Crippen molar-refractivity contribution in [1.82, 2.24) is 25.4 Å². The van der Waals surface area contributed by atoms with Gasteiger partial charge in [0, 0.05) is 32.1 Å². The van der Waals surface area contributed by atoms with Crippen LogP contribution in [0.15, 0.2) is 79.0 Å². The predicted octanol–water partition coefficient (Wildman–Crippen LogP) is 6.00. The van der Waals surface area contributed by atoms with Crippen LogP contribution in [-0.2, 0) is 27.3 Å². The average Bonchev–Trinajstić information content (AvgIpc) is 4.07. The third-order valence-electron chi connectivity index (χ3n) is 11.1. The molecule has 2 aliphatic heterocycles. The number of benzene rings is 3. The van der Waals surface area contributed by atoms with Gasteiger partial charge in [0.1, 0.15) is 23.2 Å². The van der Waals surface area contributed by atoms with Gasteiger partial charge in [-0.3, -0.25) is 39.0 Å². The van der Waals surface area contributed by atoms with Crippen molar-refractivity contribution in [3.8, 4) is 22.6 Å². The molecule has 0 spiro atoms. The number of hydrogen-bond acceptors (Lipinski definition) is 9. The van der Waals surface area contributed by atoms with Crippen molar-refractivity contribution < 1.29 is 38.2 Å². The first-order chi connectivity index (χ1) is 28.6. The Morgan fingerprint density at radius 3 is 2.36 bits per heavy atom. The lowest BCUT2D eigenvalue weighted by Gasteiger charge is -2.27. The molecule has 59 heavy (non-hydrogen) atoms. The molecule has 0 bridgehead atoms. The minimum absolute atomic E-state index is 0.0227. The maximum Gasteiger partial charge on any atom is 0.270 e. The van der Waals surface area contributed by atoms with Crippen LogP contribution in [0.5, 0.6) is 11.5 Å². The van der Waals surface area contributed by atoms with Gasteiger partial charge in [0.2, 0.25) is 17.7 Å². The number of carbonyl (C=O) groups is 6. The van der Waals surface area contributed by atoms with E-state index >= 15 is 0 Å². The van der Waals surface area contributed by atoms with Gasteiger partial charge in [-0.1, -0.05) is 67.8 Å². The summed E-state index contributed by atoms with van der Waals surface area (Å²) in [5.41, 5.74) is 5.57. The number of nitrogens with zero attached hydrogens (tertiary/aromatic N) is 3. The summed E-state index contributed by atoms with van der Waals surface area (Å²) in [6.07, 6.45) is 8.99. The molecular formula is C46H49N5O8. The van der Waals surface area contributed by atoms with Crippen molar-refractivity contribution >= 4 is 35.4 Å². The van der Waals surface area contributed by atoms with Gasteiger partial charge in [0.05, 0.1) is 37.5 Å².